The molecule has 110 valence electrons. The average molecular weight is 284 g/mol. The van der Waals surface area contributed by atoms with Crippen molar-refractivity contribution in [2.45, 2.75) is 12.8 Å². The van der Waals surface area contributed by atoms with E-state index in [1.807, 2.05) is 36.4 Å². The minimum absolute atomic E-state index is 0.0164. The lowest BCUT2D eigenvalue weighted by Crippen LogP contribution is -2.27. The first-order chi connectivity index (χ1) is 10.2. The molecule has 0 aliphatic carbocycles. The molecular formula is C17H20N2O2. The molecule has 0 saturated carbocycles. The maximum absolute atomic E-state index is 11.8. The molecule has 2 rings (SSSR count). The summed E-state index contributed by atoms with van der Waals surface area (Å²) in [6, 6.07) is 15.2. The van der Waals surface area contributed by atoms with E-state index in [0.717, 1.165) is 23.3 Å². The lowest BCUT2D eigenvalue weighted by Gasteiger charge is -2.07. The summed E-state index contributed by atoms with van der Waals surface area (Å²) in [6.45, 7) is 0.612. The molecular weight excluding hydrogens is 264 g/mol. The molecule has 0 saturated heterocycles. The van der Waals surface area contributed by atoms with Gasteiger partial charge in [-0.1, -0.05) is 24.3 Å². The standard InChI is InChI=1S/C17H20N2O2/c1-21-16-4-2-3-13(11-16)9-10-19-17(20)12-14-5-7-15(18)8-6-14/h2-8,11H,9-10,12,18H2,1H3,(H,19,20). The normalized spacial score (nSPS) is 10.1. The maximum Gasteiger partial charge on any atom is 0.224 e. The van der Waals surface area contributed by atoms with Crippen LogP contribution in [0.3, 0.4) is 0 Å². The zero-order valence-electron chi connectivity index (χ0n) is 12.1. The fourth-order valence-electron chi connectivity index (χ4n) is 2.06. The molecule has 0 spiro atoms. The van der Waals surface area contributed by atoms with E-state index in [2.05, 4.69) is 5.32 Å². The van der Waals surface area contributed by atoms with Crippen molar-refractivity contribution in [3.63, 3.8) is 0 Å². The number of nitrogens with one attached hydrogen (secondary N) is 1. The molecule has 3 N–H and O–H groups in total. The van der Waals surface area contributed by atoms with Crippen LogP contribution in [0.4, 0.5) is 5.69 Å². The Morgan fingerprint density at radius 1 is 1.14 bits per heavy atom. The fraction of sp³-hybridized carbons (Fsp3) is 0.235. The van der Waals surface area contributed by atoms with Crippen LogP contribution >= 0.6 is 0 Å². The Morgan fingerprint density at radius 2 is 1.90 bits per heavy atom. The molecule has 0 fully saturated rings. The van der Waals surface area contributed by atoms with E-state index < -0.39 is 0 Å². The lowest BCUT2D eigenvalue weighted by atomic mass is 10.1. The first-order valence-corrected chi connectivity index (χ1v) is 6.91. The number of hydrogen-bond donors (Lipinski definition) is 2. The quantitative estimate of drug-likeness (QED) is 0.799. The number of carbonyl (C=O) groups excluding carboxylic acids is 1. The van der Waals surface area contributed by atoms with Crippen LogP contribution in [0.25, 0.3) is 0 Å². The van der Waals surface area contributed by atoms with Crippen LogP contribution < -0.4 is 15.8 Å². The highest BCUT2D eigenvalue weighted by atomic mass is 16.5. The highest BCUT2D eigenvalue weighted by molar-refractivity contribution is 5.78. The van der Waals surface area contributed by atoms with Crippen molar-refractivity contribution in [1.82, 2.24) is 5.32 Å². The first kappa shape index (κ1) is 14.9. The van der Waals surface area contributed by atoms with Crippen LogP contribution in [0.15, 0.2) is 48.5 Å². The lowest BCUT2D eigenvalue weighted by molar-refractivity contribution is -0.120. The van der Waals surface area contributed by atoms with Crippen molar-refractivity contribution < 1.29 is 9.53 Å². The summed E-state index contributed by atoms with van der Waals surface area (Å²) in [7, 11) is 1.65. The van der Waals surface area contributed by atoms with Gasteiger partial charge in [0, 0.05) is 12.2 Å². The van der Waals surface area contributed by atoms with Crippen molar-refractivity contribution in [3.05, 3.63) is 59.7 Å². The van der Waals surface area contributed by atoms with Gasteiger partial charge in [0.1, 0.15) is 5.75 Å². The number of methoxy groups -OCH3 is 1. The van der Waals surface area contributed by atoms with E-state index >= 15 is 0 Å². The third kappa shape index (κ3) is 4.84. The average Bonchev–Trinajstić information content (AvgIpc) is 2.50. The summed E-state index contributed by atoms with van der Waals surface area (Å²) in [5, 5.41) is 2.92. The number of benzene rings is 2. The predicted octanol–water partition coefficient (Wildman–Crippen LogP) is 2.18. The molecule has 2 aromatic carbocycles. The SMILES string of the molecule is COc1cccc(CCNC(=O)Cc2ccc(N)cc2)c1. The van der Waals surface area contributed by atoms with Crippen LogP contribution in [0.2, 0.25) is 0 Å². The summed E-state index contributed by atoms with van der Waals surface area (Å²) >= 11 is 0. The molecule has 0 radical (unpaired) electrons. The number of hydrogen-bond acceptors (Lipinski definition) is 3. The minimum Gasteiger partial charge on any atom is -0.497 e. The number of rotatable bonds is 6. The maximum atomic E-state index is 11.8. The van der Waals surface area contributed by atoms with Crippen molar-refractivity contribution in [1.29, 1.82) is 0 Å². The highest BCUT2D eigenvalue weighted by Gasteiger charge is 2.03. The number of carbonyl (C=O) groups is 1. The third-order valence-electron chi connectivity index (χ3n) is 3.21. The number of nitrogens with two attached hydrogens (primary N) is 1. The predicted molar refractivity (Wildman–Crippen MR) is 84.3 cm³/mol. The number of amides is 1. The van der Waals surface area contributed by atoms with E-state index in [1.165, 1.54) is 0 Å². The second-order valence-corrected chi connectivity index (χ2v) is 4.87. The third-order valence-corrected chi connectivity index (χ3v) is 3.21. The summed E-state index contributed by atoms with van der Waals surface area (Å²) < 4.78 is 5.17. The molecule has 1 amide bonds. The van der Waals surface area contributed by atoms with Crippen LogP contribution in [0.5, 0.6) is 5.75 Å². The van der Waals surface area contributed by atoms with Crippen LogP contribution in [-0.4, -0.2) is 19.6 Å². The molecule has 0 atom stereocenters. The van der Waals surface area contributed by atoms with Crippen molar-refractivity contribution in [3.8, 4) is 5.75 Å². The monoisotopic (exact) mass is 284 g/mol. The number of ether oxygens (including phenoxy) is 1. The Balaban J connectivity index is 1.77. The molecule has 2 aromatic rings. The van der Waals surface area contributed by atoms with E-state index in [-0.39, 0.29) is 5.91 Å². The summed E-state index contributed by atoms with van der Waals surface area (Å²) in [5.41, 5.74) is 8.42. The number of anilines is 1. The van der Waals surface area contributed by atoms with Crippen LogP contribution in [-0.2, 0) is 17.6 Å². The van der Waals surface area contributed by atoms with Gasteiger partial charge in [0.25, 0.3) is 0 Å². The van der Waals surface area contributed by atoms with Gasteiger partial charge in [0.05, 0.1) is 13.5 Å². The molecule has 0 bridgehead atoms. The number of nitrogen functional groups attached to an aromatic ring is 1. The smallest absolute Gasteiger partial charge is 0.224 e. The van der Waals surface area contributed by atoms with Crippen molar-refractivity contribution in [2.24, 2.45) is 0 Å². The van der Waals surface area contributed by atoms with E-state index in [9.17, 15) is 4.79 Å². The first-order valence-electron chi connectivity index (χ1n) is 6.91. The van der Waals surface area contributed by atoms with E-state index in [0.29, 0.717) is 18.7 Å². The van der Waals surface area contributed by atoms with Gasteiger partial charge in [-0.05, 0) is 41.8 Å². The van der Waals surface area contributed by atoms with Gasteiger partial charge in [-0.3, -0.25) is 4.79 Å². The van der Waals surface area contributed by atoms with E-state index in [4.69, 9.17) is 10.5 Å². The summed E-state index contributed by atoms with van der Waals surface area (Å²) in [6.07, 6.45) is 1.16. The van der Waals surface area contributed by atoms with Gasteiger partial charge in [-0.15, -0.1) is 0 Å². The second kappa shape index (κ2) is 7.33. The van der Waals surface area contributed by atoms with Gasteiger partial charge in [0.15, 0.2) is 0 Å². The molecule has 4 heteroatoms. The van der Waals surface area contributed by atoms with Gasteiger partial charge in [-0.2, -0.15) is 0 Å². The van der Waals surface area contributed by atoms with Gasteiger partial charge in [0.2, 0.25) is 5.91 Å². The van der Waals surface area contributed by atoms with Crippen LogP contribution in [0, 0.1) is 0 Å². The van der Waals surface area contributed by atoms with Crippen LogP contribution in [0.1, 0.15) is 11.1 Å². The zero-order chi connectivity index (χ0) is 15.1. The molecule has 0 aromatic heterocycles. The zero-order valence-corrected chi connectivity index (χ0v) is 12.1. The molecule has 0 heterocycles. The Hall–Kier alpha value is -2.49. The molecule has 0 aliphatic heterocycles. The Kier molecular flexibility index (Phi) is 5.21. The highest BCUT2D eigenvalue weighted by Crippen LogP contribution is 2.12. The van der Waals surface area contributed by atoms with Crippen molar-refractivity contribution in [2.75, 3.05) is 19.4 Å². The van der Waals surface area contributed by atoms with Gasteiger partial charge in [-0.25, -0.2) is 0 Å². The van der Waals surface area contributed by atoms with E-state index in [1.54, 1.807) is 19.2 Å². The topological polar surface area (TPSA) is 64.3 Å². The minimum atomic E-state index is 0.0164. The molecule has 4 nitrogen and oxygen atoms in total. The molecule has 0 aliphatic rings. The Morgan fingerprint density at radius 3 is 2.62 bits per heavy atom. The molecule has 0 unspecified atom stereocenters. The molecule has 21 heavy (non-hydrogen) atoms. The van der Waals surface area contributed by atoms with Gasteiger partial charge >= 0.3 is 0 Å². The summed E-state index contributed by atoms with van der Waals surface area (Å²) in [5.74, 6) is 0.850. The second-order valence-electron chi connectivity index (χ2n) is 4.87. The fourth-order valence-corrected chi connectivity index (χ4v) is 2.06. The summed E-state index contributed by atoms with van der Waals surface area (Å²) in [4.78, 5) is 11.8. The largest absolute Gasteiger partial charge is 0.497 e. The Bertz CT molecular complexity index is 594. The Labute approximate surface area is 124 Å². The van der Waals surface area contributed by atoms with Crippen molar-refractivity contribution >= 4 is 11.6 Å². The van der Waals surface area contributed by atoms with Gasteiger partial charge < -0.3 is 15.8 Å².